The minimum absolute atomic E-state index is 0.236. The molecule has 0 fully saturated rings. The second-order valence-corrected chi connectivity index (χ2v) is 8.19. The maximum absolute atomic E-state index is 5.52. The van der Waals surface area contributed by atoms with E-state index in [1.165, 1.54) is 35.1 Å². The fourth-order valence-electron chi connectivity index (χ4n) is 3.76. The van der Waals surface area contributed by atoms with Gasteiger partial charge in [-0.1, -0.05) is 41.9 Å². The molecule has 1 aliphatic carbocycles. The lowest BCUT2D eigenvalue weighted by Crippen LogP contribution is -1.97. The molecule has 0 bridgehead atoms. The van der Waals surface area contributed by atoms with Gasteiger partial charge >= 0.3 is 0 Å². The average Bonchev–Trinajstić information content (AvgIpc) is 3.21. The van der Waals surface area contributed by atoms with Gasteiger partial charge in [0.2, 0.25) is 0 Å². The number of nitrogens with zero attached hydrogens (tertiary/aromatic N) is 5. The number of thiophene rings is 1. The molecule has 0 spiro atoms. The predicted molar refractivity (Wildman–Crippen MR) is 111 cm³/mol. The minimum atomic E-state index is 0.236. The number of hydrogen-bond donors (Lipinski definition) is 0. The molecule has 0 amide bonds. The van der Waals surface area contributed by atoms with E-state index < -0.39 is 0 Å². The topological polar surface area (TPSA) is 64.7 Å². The van der Waals surface area contributed by atoms with Crippen molar-refractivity contribution in [2.75, 3.05) is 0 Å². The van der Waals surface area contributed by atoms with Crippen LogP contribution >= 0.6 is 11.3 Å². The van der Waals surface area contributed by atoms with Crippen LogP contribution in [-0.2, 0) is 24.3 Å². The third kappa shape index (κ3) is 3.16. The van der Waals surface area contributed by atoms with Gasteiger partial charge in [0.15, 0.2) is 18.1 Å². The predicted octanol–water partition coefficient (Wildman–Crippen LogP) is 4.55. The molecule has 1 aliphatic rings. The molecule has 3 aromatic heterocycles. The van der Waals surface area contributed by atoms with Crippen molar-refractivity contribution in [1.29, 1.82) is 0 Å². The average molecular weight is 392 g/mol. The van der Waals surface area contributed by atoms with Gasteiger partial charge in [0.25, 0.3) is 0 Å². The molecule has 7 heteroatoms. The highest BCUT2D eigenvalue weighted by molar-refractivity contribution is 7.19. The number of aromatic nitrogens is 4. The quantitative estimate of drug-likeness (QED) is 0.291. The van der Waals surface area contributed by atoms with Gasteiger partial charge in [-0.15, -0.1) is 16.4 Å². The zero-order valence-electron chi connectivity index (χ0n) is 15.8. The first-order valence-electron chi connectivity index (χ1n) is 9.66. The van der Waals surface area contributed by atoms with E-state index in [4.69, 9.17) is 9.82 Å². The van der Waals surface area contributed by atoms with Crippen molar-refractivity contribution in [3.8, 4) is 0 Å². The van der Waals surface area contributed by atoms with Crippen LogP contribution < -0.4 is 0 Å². The number of benzene rings is 1. The van der Waals surface area contributed by atoms with Crippen LogP contribution in [0, 0.1) is 0 Å². The maximum atomic E-state index is 5.52. The fraction of sp³-hybridized carbons (Fsp3) is 0.333. The summed E-state index contributed by atoms with van der Waals surface area (Å²) in [5.74, 6) is 0.618. The van der Waals surface area contributed by atoms with E-state index in [0.29, 0.717) is 5.82 Å². The SMILES string of the molecule is C/C(=N\OCc1nc2c3c4c(sc3ncn2n1)CCCCC4)c1ccccc1. The van der Waals surface area contributed by atoms with E-state index in [1.54, 1.807) is 10.8 Å². The first-order chi connectivity index (χ1) is 13.8. The molecule has 4 aromatic rings. The Morgan fingerprint density at radius 2 is 2.04 bits per heavy atom. The number of oxime groups is 1. The summed E-state index contributed by atoms with van der Waals surface area (Å²) >= 11 is 1.81. The third-order valence-corrected chi connectivity index (χ3v) is 6.37. The zero-order chi connectivity index (χ0) is 18.9. The van der Waals surface area contributed by atoms with Gasteiger partial charge in [-0.05, 0) is 43.7 Å². The standard InChI is InChI=1S/C21H21N5OS/c1-14(15-8-4-2-5-9-15)25-27-12-18-23-20-19-16-10-6-3-7-11-17(16)28-21(19)22-13-26(20)24-18/h2,4-5,8-9,13H,3,6-7,10-12H2,1H3/b25-14+. The number of fused-ring (bicyclic) bond motifs is 5. The minimum Gasteiger partial charge on any atom is -0.387 e. The molecule has 0 atom stereocenters. The van der Waals surface area contributed by atoms with Crippen LogP contribution in [-0.4, -0.2) is 25.3 Å². The largest absolute Gasteiger partial charge is 0.387 e. The Labute approximate surface area is 166 Å². The van der Waals surface area contributed by atoms with E-state index in [0.717, 1.165) is 34.6 Å². The van der Waals surface area contributed by atoms with Gasteiger partial charge < -0.3 is 4.84 Å². The molecule has 3 heterocycles. The summed E-state index contributed by atoms with van der Waals surface area (Å²) in [6, 6.07) is 9.98. The lowest BCUT2D eigenvalue weighted by Gasteiger charge is -2.00. The second-order valence-electron chi connectivity index (χ2n) is 7.10. The summed E-state index contributed by atoms with van der Waals surface area (Å²) in [7, 11) is 0. The van der Waals surface area contributed by atoms with Crippen molar-refractivity contribution >= 4 is 32.9 Å². The van der Waals surface area contributed by atoms with Crippen molar-refractivity contribution in [1.82, 2.24) is 19.6 Å². The van der Waals surface area contributed by atoms with E-state index in [-0.39, 0.29) is 6.61 Å². The van der Waals surface area contributed by atoms with E-state index in [2.05, 4.69) is 15.2 Å². The molecule has 0 saturated carbocycles. The maximum Gasteiger partial charge on any atom is 0.192 e. The van der Waals surface area contributed by atoms with Crippen molar-refractivity contribution < 1.29 is 4.84 Å². The fourth-order valence-corrected chi connectivity index (χ4v) is 4.98. The number of hydrogen-bond acceptors (Lipinski definition) is 6. The summed E-state index contributed by atoms with van der Waals surface area (Å²) in [5, 5.41) is 9.92. The normalized spacial score (nSPS) is 15.0. The highest BCUT2D eigenvalue weighted by Crippen LogP contribution is 2.36. The summed E-state index contributed by atoms with van der Waals surface area (Å²) in [6.45, 7) is 2.17. The van der Waals surface area contributed by atoms with Crippen LogP contribution in [0.15, 0.2) is 41.8 Å². The Morgan fingerprint density at radius 1 is 1.18 bits per heavy atom. The van der Waals surface area contributed by atoms with E-state index >= 15 is 0 Å². The van der Waals surface area contributed by atoms with Crippen LogP contribution in [0.2, 0.25) is 0 Å². The summed E-state index contributed by atoms with van der Waals surface area (Å²) in [4.78, 5) is 17.4. The molecule has 0 radical (unpaired) electrons. The Balaban J connectivity index is 1.43. The first kappa shape index (κ1) is 17.3. The molecule has 28 heavy (non-hydrogen) atoms. The lowest BCUT2D eigenvalue weighted by molar-refractivity contribution is 0.125. The number of rotatable bonds is 4. The second kappa shape index (κ2) is 7.31. The molecule has 5 rings (SSSR count). The Bertz CT molecular complexity index is 1160. The zero-order valence-corrected chi connectivity index (χ0v) is 16.6. The lowest BCUT2D eigenvalue weighted by atomic mass is 10.1. The number of aryl methyl sites for hydroxylation is 2. The smallest absolute Gasteiger partial charge is 0.192 e. The van der Waals surface area contributed by atoms with Crippen molar-refractivity contribution in [3.63, 3.8) is 0 Å². The molecular weight excluding hydrogens is 370 g/mol. The highest BCUT2D eigenvalue weighted by atomic mass is 32.1. The van der Waals surface area contributed by atoms with Crippen LogP contribution in [0.4, 0.5) is 0 Å². The van der Waals surface area contributed by atoms with Crippen LogP contribution in [0.3, 0.4) is 0 Å². The van der Waals surface area contributed by atoms with Gasteiger partial charge in [0.05, 0.1) is 11.1 Å². The molecule has 0 aliphatic heterocycles. The van der Waals surface area contributed by atoms with Gasteiger partial charge in [0.1, 0.15) is 11.2 Å². The van der Waals surface area contributed by atoms with E-state index in [9.17, 15) is 0 Å². The van der Waals surface area contributed by atoms with Gasteiger partial charge in [-0.25, -0.2) is 14.5 Å². The molecule has 0 saturated heterocycles. The van der Waals surface area contributed by atoms with Gasteiger partial charge in [-0.3, -0.25) is 0 Å². The van der Waals surface area contributed by atoms with Crippen LogP contribution in [0.25, 0.3) is 15.9 Å². The van der Waals surface area contributed by atoms with Crippen molar-refractivity contribution in [2.24, 2.45) is 5.16 Å². The summed E-state index contributed by atoms with van der Waals surface area (Å²) in [5.41, 5.74) is 4.18. The monoisotopic (exact) mass is 391 g/mol. The third-order valence-electron chi connectivity index (χ3n) is 5.17. The molecule has 0 unspecified atom stereocenters. The first-order valence-corrected chi connectivity index (χ1v) is 10.5. The van der Waals surface area contributed by atoms with Crippen LogP contribution in [0.1, 0.15) is 48.0 Å². The summed E-state index contributed by atoms with van der Waals surface area (Å²) < 4.78 is 1.77. The molecule has 6 nitrogen and oxygen atoms in total. The van der Waals surface area contributed by atoms with Gasteiger partial charge in [-0.2, -0.15) is 0 Å². The van der Waals surface area contributed by atoms with Crippen molar-refractivity contribution in [2.45, 2.75) is 45.6 Å². The van der Waals surface area contributed by atoms with Gasteiger partial charge in [0, 0.05) is 4.88 Å². The molecule has 142 valence electrons. The van der Waals surface area contributed by atoms with E-state index in [1.807, 2.05) is 48.6 Å². The highest BCUT2D eigenvalue weighted by Gasteiger charge is 2.20. The summed E-state index contributed by atoms with van der Waals surface area (Å²) in [6.07, 6.45) is 7.81. The van der Waals surface area contributed by atoms with Crippen LogP contribution in [0.5, 0.6) is 0 Å². The van der Waals surface area contributed by atoms with Crippen molar-refractivity contribution in [3.05, 3.63) is 58.5 Å². The Morgan fingerprint density at radius 3 is 2.93 bits per heavy atom. The molecular formula is C21H21N5OS. The Kier molecular flexibility index (Phi) is 4.52. The molecule has 0 N–H and O–H groups in total. The Hall–Kier alpha value is -2.80. The molecule has 1 aromatic carbocycles.